The first-order chi connectivity index (χ1) is 8.13. The number of nitro groups is 1. The van der Waals surface area contributed by atoms with E-state index < -0.39 is 4.92 Å². The van der Waals surface area contributed by atoms with Gasteiger partial charge in [0.15, 0.2) is 0 Å². The highest BCUT2D eigenvalue weighted by Crippen LogP contribution is 2.15. The molecule has 0 bridgehead atoms. The summed E-state index contributed by atoms with van der Waals surface area (Å²) < 4.78 is 9.43. The number of furan rings is 1. The van der Waals surface area contributed by atoms with Gasteiger partial charge in [0.2, 0.25) is 0 Å². The second kappa shape index (κ2) is 6.64. The summed E-state index contributed by atoms with van der Waals surface area (Å²) in [6.45, 7) is 1.01. The highest BCUT2D eigenvalue weighted by Gasteiger charge is 2.11. The SMILES string of the molecule is COC(=O)CCCNCc1ccc([N+](=O)[O-])o1. The summed E-state index contributed by atoms with van der Waals surface area (Å²) in [4.78, 5) is 20.5. The van der Waals surface area contributed by atoms with Crippen molar-refractivity contribution in [2.24, 2.45) is 0 Å². The van der Waals surface area contributed by atoms with Crippen molar-refractivity contribution in [1.29, 1.82) is 0 Å². The zero-order valence-corrected chi connectivity index (χ0v) is 9.47. The predicted molar refractivity (Wildman–Crippen MR) is 58.3 cm³/mol. The van der Waals surface area contributed by atoms with Gasteiger partial charge in [-0.3, -0.25) is 14.9 Å². The van der Waals surface area contributed by atoms with Crippen molar-refractivity contribution in [3.05, 3.63) is 28.0 Å². The fraction of sp³-hybridized carbons (Fsp3) is 0.500. The molecule has 1 heterocycles. The van der Waals surface area contributed by atoms with Crippen LogP contribution in [-0.2, 0) is 16.1 Å². The highest BCUT2D eigenvalue weighted by molar-refractivity contribution is 5.69. The zero-order valence-electron chi connectivity index (χ0n) is 9.47. The van der Waals surface area contributed by atoms with Crippen LogP contribution >= 0.6 is 0 Å². The van der Waals surface area contributed by atoms with Crippen molar-refractivity contribution in [2.45, 2.75) is 19.4 Å². The molecule has 1 aromatic heterocycles. The van der Waals surface area contributed by atoms with E-state index >= 15 is 0 Å². The second-order valence-corrected chi connectivity index (χ2v) is 3.35. The highest BCUT2D eigenvalue weighted by atomic mass is 16.6. The van der Waals surface area contributed by atoms with Gasteiger partial charge in [-0.25, -0.2) is 0 Å². The number of rotatable bonds is 7. The molecule has 0 aliphatic rings. The van der Waals surface area contributed by atoms with Gasteiger partial charge >= 0.3 is 11.9 Å². The van der Waals surface area contributed by atoms with E-state index in [0.29, 0.717) is 31.7 Å². The third kappa shape index (κ3) is 4.64. The third-order valence-electron chi connectivity index (χ3n) is 2.09. The van der Waals surface area contributed by atoms with Crippen molar-refractivity contribution >= 4 is 11.9 Å². The van der Waals surface area contributed by atoms with Crippen LogP contribution in [0.25, 0.3) is 0 Å². The topological polar surface area (TPSA) is 94.6 Å². The summed E-state index contributed by atoms with van der Waals surface area (Å²) in [7, 11) is 1.34. The monoisotopic (exact) mass is 242 g/mol. The normalized spacial score (nSPS) is 10.2. The lowest BCUT2D eigenvalue weighted by atomic mass is 10.3. The number of ether oxygens (including phenoxy) is 1. The van der Waals surface area contributed by atoms with Gasteiger partial charge in [-0.2, -0.15) is 0 Å². The maximum atomic E-state index is 10.8. The average Bonchev–Trinajstić information content (AvgIpc) is 2.77. The van der Waals surface area contributed by atoms with Crippen LogP contribution in [0.2, 0.25) is 0 Å². The van der Waals surface area contributed by atoms with Crippen LogP contribution in [0.3, 0.4) is 0 Å². The molecule has 7 nitrogen and oxygen atoms in total. The Morgan fingerprint density at radius 2 is 2.35 bits per heavy atom. The Kier molecular flexibility index (Phi) is 5.15. The molecule has 0 aromatic carbocycles. The first kappa shape index (κ1) is 13.2. The number of hydrogen-bond donors (Lipinski definition) is 1. The number of methoxy groups -OCH3 is 1. The maximum Gasteiger partial charge on any atom is 0.433 e. The van der Waals surface area contributed by atoms with Gasteiger partial charge in [-0.1, -0.05) is 0 Å². The molecule has 0 amide bonds. The van der Waals surface area contributed by atoms with Crippen molar-refractivity contribution < 1.29 is 18.9 Å². The summed E-state index contributed by atoms with van der Waals surface area (Å²) in [5.41, 5.74) is 0. The van der Waals surface area contributed by atoms with E-state index in [0.717, 1.165) is 0 Å². The van der Waals surface area contributed by atoms with Crippen LogP contribution in [0.4, 0.5) is 5.88 Å². The zero-order chi connectivity index (χ0) is 12.7. The Morgan fingerprint density at radius 1 is 1.59 bits per heavy atom. The lowest BCUT2D eigenvalue weighted by molar-refractivity contribution is -0.402. The van der Waals surface area contributed by atoms with Crippen LogP contribution in [0.1, 0.15) is 18.6 Å². The predicted octanol–water partition coefficient (Wildman–Crippen LogP) is 1.23. The molecule has 0 radical (unpaired) electrons. The van der Waals surface area contributed by atoms with Crippen molar-refractivity contribution in [1.82, 2.24) is 5.32 Å². The van der Waals surface area contributed by atoms with Gasteiger partial charge in [0.05, 0.1) is 19.7 Å². The molecule has 0 aliphatic carbocycles. The summed E-state index contributed by atoms with van der Waals surface area (Å²) in [5, 5.41) is 13.3. The van der Waals surface area contributed by atoms with Crippen LogP contribution in [0.15, 0.2) is 16.5 Å². The quantitative estimate of drug-likeness (QED) is 0.334. The lowest BCUT2D eigenvalue weighted by Gasteiger charge is -2.01. The van der Waals surface area contributed by atoms with Gasteiger partial charge in [0.1, 0.15) is 10.7 Å². The third-order valence-corrected chi connectivity index (χ3v) is 2.09. The van der Waals surface area contributed by atoms with Crippen LogP contribution in [0.5, 0.6) is 0 Å². The Hall–Kier alpha value is -1.89. The Balaban J connectivity index is 2.18. The summed E-state index contributed by atoms with van der Waals surface area (Å²) in [6, 6.07) is 2.86. The van der Waals surface area contributed by atoms with Gasteiger partial charge in [0.25, 0.3) is 0 Å². The van der Waals surface area contributed by atoms with Crippen LogP contribution in [0, 0.1) is 10.1 Å². The molecule has 0 unspecified atom stereocenters. The largest absolute Gasteiger partial charge is 0.469 e. The number of carbonyl (C=O) groups excluding carboxylic acids is 1. The maximum absolute atomic E-state index is 10.8. The molecule has 0 saturated carbocycles. The van der Waals surface area contributed by atoms with E-state index in [1.807, 2.05) is 0 Å². The van der Waals surface area contributed by atoms with Gasteiger partial charge in [0, 0.05) is 6.42 Å². The minimum atomic E-state index is -0.583. The number of esters is 1. The fourth-order valence-corrected chi connectivity index (χ4v) is 1.23. The minimum absolute atomic E-state index is 0.250. The Labute approximate surface area is 97.9 Å². The second-order valence-electron chi connectivity index (χ2n) is 3.35. The van der Waals surface area contributed by atoms with E-state index in [2.05, 4.69) is 10.1 Å². The molecule has 17 heavy (non-hydrogen) atoms. The standard InChI is InChI=1S/C10H14N2O5/c1-16-10(13)3-2-6-11-7-8-4-5-9(17-8)12(14)15/h4-5,11H,2-3,6-7H2,1H3. The van der Waals surface area contributed by atoms with E-state index in [1.165, 1.54) is 13.2 Å². The molecule has 0 spiro atoms. The molecule has 0 saturated heterocycles. The molecule has 1 rings (SSSR count). The number of carbonyl (C=O) groups is 1. The molecule has 0 atom stereocenters. The molecule has 1 N–H and O–H groups in total. The smallest absolute Gasteiger partial charge is 0.433 e. The van der Waals surface area contributed by atoms with Crippen molar-refractivity contribution in [3.63, 3.8) is 0 Å². The van der Waals surface area contributed by atoms with E-state index in [-0.39, 0.29) is 11.9 Å². The molecule has 0 aliphatic heterocycles. The average molecular weight is 242 g/mol. The Morgan fingerprint density at radius 3 is 2.94 bits per heavy atom. The number of nitrogens with zero attached hydrogens (tertiary/aromatic N) is 1. The summed E-state index contributed by atoms with van der Waals surface area (Å²) in [5.74, 6) is -0.0217. The van der Waals surface area contributed by atoms with Gasteiger partial charge < -0.3 is 14.5 Å². The Bertz CT molecular complexity index is 388. The summed E-state index contributed by atoms with van der Waals surface area (Å²) >= 11 is 0. The van der Waals surface area contributed by atoms with E-state index in [1.54, 1.807) is 6.07 Å². The lowest BCUT2D eigenvalue weighted by Crippen LogP contribution is -2.15. The first-order valence-corrected chi connectivity index (χ1v) is 5.14. The van der Waals surface area contributed by atoms with Crippen LogP contribution in [-0.4, -0.2) is 24.5 Å². The van der Waals surface area contributed by atoms with Gasteiger partial charge in [-0.15, -0.1) is 0 Å². The number of hydrogen-bond acceptors (Lipinski definition) is 6. The van der Waals surface area contributed by atoms with Crippen molar-refractivity contribution in [3.8, 4) is 0 Å². The van der Waals surface area contributed by atoms with E-state index in [9.17, 15) is 14.9 Å². The molecule has 0 fully saturated rings. The molecule has 7 heteroatoms. The molecule has 94 valence electrons. The minimum Gasteiger partial charge on any atom is -0.469 e. The molecule has 1 aromatic rings. The van der Waals surface area contributed by atoms with Gasteiger partial charge in [-0.05, 0) is 19.0 Å². The van der Waals surface area contributed by atoms with Crippen LogP contribution < -0.4 is 5.32 Å². The summed E-state index contributed by atoms with van der Waals surface area (Å²) in [6.07, 6.45) is 0.997. The first-order valence-electron chi connectivity index (χ1n) is 5.14. The number of nitrogens with one attached hydrogen (secondary N) is 1. The fourth-order valence-electron chi connectivity index (χ4n) is 1.23. The molecular weight excluding hydrogens is 228 g/mol. The molecular formula is C10H14N2O5. The van der Waals surface area contributed by atoms with Crippen molar-refractivity contribution in [2.75, 3.05) is 13.7 Å². The van der Waals surface area contributed by atoms with E-state index in [4.69, 9.17) is 4.42 Å².